The summed E-state index contributed by atoms with van der Waals surface area (Å²) in [6, 6.07) is 15.7. The quantitative estimate of drug-likeness (QED) is 0.425. The Kier molecular flexibility index (Phi) is 4.68. The number of ether oxygens (including phenoxy) is 1. The fourth-order valence-electron chi connectivity index (χ4n) is 3.78. The van der Waals surface area contributed by atoms with Gasteiger partial charge in [0.15, 0.2) is 5.43 Å². The molecular formula is C22H21N3O2S. The van der Waals surface area contributed by atoms with Crippen LogP contribution in [0.2, 0.25) is 0 Å². The van der Waals surface area contributed by atoms with Gasteiger partial charge in [-0.05, 0) is 18.2 Å². The lowest BCUT2D eigenvalue weighted by Crippen LogP contribution is -2.39. The molecule has 5 nitrogen and oxygen atoms in total. The van der Waals surface area contributed by atoms with E-state index in [0.717, 1.165) is 76.3 Å². The second kappa shape index (κ2) is 7.47. The minimum atomic E-state index is 0.0826. The van der Waals surface area contributed by atoms with Crippen LogP contribution in [0.3, 0.4) is 0 Å². The number of hydrogen-bond donors (Lipinski definition) is 1. The standard InChI is InChI=1S/C22H21N3O2S/c26-20-16-6-2-4-8-18(16)28-21-19(20)15-5-1-3-7-17(15)24-22(21)23-9-10-25-11-13-27-14-12-25/h1-8H,9-14H2,(H,23,24). The van der Waals surface area contributed by atoms with Crippen molar-refractivity contribution in [3.8, 4) is 0 Å². The van der Waals surface area contributed by atoms with E-state index in [2.05, 4.69) is 10.2 Å². The van der Waals surface area contributed by atoms with Crippen LogP contribution in [0.4, 0.5) is 5.82 Å². The van der Waals surface area contributed by atoms with E-state index in [9.17, 15) is 4.79 Å². The van der Waals surface area contributed by atoms with Gasteiger partial charge in [-0.3, -0.25) is 9.69 Å². The molecule has 0 amide bonds. The summed E-state index contributed by atoms with van der Waals surface area (Å²) >= 11 is 1.63. The number of nitrogens with one attached hydrogen (secondary N) is 1. The number of benzene rings is 2. The van der Waals surface area contributed by atoms with Gasteiger partial charge in [0.25, 0.3) is 0 Å². The zero-order chi connectivity index (χ0) is 18.9. The van der Waals surface area contributed by atoms with Gasteiger partial charge in [0, 0.05) is 41.7 Å². The van der Waals surface area contributed by atoms with Crippen molar-refractivity contribution < 1.29 is 4.74 Å². The van der Waals surface area contributed by atoms with Crippen molar-refractivity contribution in [2.45, 2.75) is 0 Å². The van der Waals surface area contributed by atoms with Crippen molar-refractivity contribution in [2.75, 3.05) is 44.7 Å². The Labute approximate surface area is 166 Å². The van der Waals surface area contributed by atoms with Gasteiger partial charge in [-0.2, -0.15) is 0 Å². The van der Waals surface area contributed by atoms with Crippen molar-refractivity contribution in [1.82, 2.24) is 9.88 Å². The summed E-state index contributed by atoms with van der Waals surface area (Å²) in [5.41, 5.74) is 0.933. The molecule has 6 heteroatoms. The van der Waals surface area contributed by atoms with Gasteiger partial charge in [-0.25, -0.2) is 4.98 Å². The average Bonchev–Trinajstić information content (AvgIpc) is 2.74. The van der Waals surface area contributed by atoms with Crippen LogP contribution in [0.25, 0.3) is 31.1 Å². The molecule has 0 atom stereocenters. The molecule has 142 valence electrons. The van der Waals surface area contributed by atoms with E-state index in [1.807, 2.05) is 48.5 Å². The van der Waals surface area contributed by atoms with Gasteiger partial charge >= 0.3 is 0 Å². The molecule has 4 aromatic rings. The smallest absolute Gasteiger partial charge is 0.196 e. The average molecular weight is 391 g/mol. The van der Waals surface area contributed by atoms with E-state index in [1.165, 1.54) is 0 Å². The maximum atomic E-state index is 13.3. The largest absolute Gasteiger partial charge is 0.379 e. The number of fused-ring (bicyclic) bond motifs is 4. The van der Waals surface area contributed by atoms with Gasteiger partial charge in [-0.1, -0.05) is 30.3 Å². The molecule has 0 unspecified atom stereocenters. The van der Waals surface area contributed by atoms with Crippen LogP contribution in [-0.2, 0) is 4.74 Å². The molecule has 1 aliphatic rings. The molecule has 0 aliphatic carbocycles. The lowest BCUT2D eigenvalue weighted by Gasteiger charge is -2.26. The van der Waals surface area contributed by atoms with E-state index >= 15 is 0 Å². The Balaban J connectivity index is 1.61. The minimum Gasteiger partial charge on any atom is -0.379 e. The lowest BCUT2D eigenvalue weighted by molar-refractivity contribution is 0.0398. The molecule has 5 rings (SSSR count). The number of morpholine rings is 1. The Morgan fingerprint density at radius 3 is 2.64 bits per heavy atom. The number of rotatable bonds is 4. The van der Waals surface area contributed by atoms with Crippen LogP contribution in [0.5, 0.6) is 0 Å². The van der Waals surface area contributed by atoms with E-state index in [1.54, 1.807) is 11.3 Å². The SMILES string of the molecule is O=c1c2ccccc2sc2c(NCCN3CCOCC3)nc3ccccc3c12. The zero-order valence-corrected chi connectivity index (χ0v) is 16.3. The number of para-hydroxylation sites is 1. The van der Waals surface area contributed by atoms with Crippen molar-refractivity contribution >= 4 is 48.2 Å². The predicted molar refractivity (Wildman–Crippen MR) is 117 cm³/mol. The molecule has 3 heterocycles. The highest BCUT2D eigenvalue weighted by Crippen LogP contribution is 2.33. The van der Waals surface area contributed by atoms with Crippen LogP contribution in [0.15, 0.2) is 53.3 Å². The normalized spacial score (nSPS) is 15.4. The first-order valence-corrected chi connectivity index (χ1v) is 10.4. The van der Waals surface area contributed by atoms with Crippen molar-refractivity contribution in [2.24, 2.45) is 0 Å². The maximum absolute atomic E-state index is 13.3. The highest BCUT2D eigenvalue weighted by atomic mass is 32.1. The number of hydrogen-bond acceptors (Lipinski definition) is 6. The van der Waals surface area contributed by atoms with Crippen LogP contribution >= 0.6 is 11.3 Å². The summed E-state index contributed by atoms with van der Waals surface area (Å²) < 4.78 is 7.35. The molecule has 1 fully saturated rings. The second-order valence-electron chi connectivity index (χ2n) is 6.99. The van der Waals surface area contributed by atoms with Crippen molar-refractivity contribution in [3.63, 3.8) is 0 Å². The molecule has 0 radical (unpaired) electrons. The zero-order valence-electron chi connectivity index (χ0n) is 15.5. The Morgan fingerprint density at radius 1 is 1.04 bits per heavy atom. The third kappa shape index (κ3) is 3.13. The molecule has 2 aromatic heterocycles. The van der Waals surface area contributed by atoms with Gasteiger partial charge in [-0.15, -0.1) is 11.3 Å². The van der Waals surface area contributed by atoms with E-state index in [4.69, 9.17) is 9.72 Å². The molecule has 1 aliphatic heterocycles. The Hall–Kier alpha value is -2.54. The summed E-state index contributed by atoms with van der Waals surface area (Å²) in [6.07, 6.45) is 0. The third-order valence-corrected chi connectivity index (χ3v) is 6.42. The molecule has 2 aromatic carbocycles. The molecule has 1 saturated heterocycles. The minimum absolute atomic E-state index is 0.0826. The Bertz CT molecular complexity index is 1210. The summed E-state index contributed by atoms with van der Waals surface area (Å²) in [6.45, 7) is 5.24. The second-order valence-corrected chi connectivity index (χ2v) is 8.04. The fraction of sp³-hybridized carbons (Fsp3) is 0.273. The number of aromatic nitrogens is 1. The van der Waals surface area contributed by atoms with Gasteiger partial charge in [0.1, 0.15) is 5.82 Å². The first kappa shape index (κ1) is 17.6. The first-order chi connectivity index (χ1) is 13.8. The fourth-order valence-corrected chi connectivity index (χ4v) is 4.94. The monoisotopic (exact) mass is 391 g/mol. The molecule has 0 spiro atoms. The molecular weight excluding hydrogens is 370 g/mol. The number of nitrogens with zero attached hydrogens (tertiary/aromatic N) is 2. The highest BCUT2D eigenvalue weighted by molar-refractivity contribution is 7.25. The summed E-state index contributed by atoms with van der Waals surface area (Å²) in [7, 11) is 0. The first-order valence-electron chi connectivity index (χ1n) is 9.59. The maximum Gasteiger partial charge on any atom is 0.196 e. The van der Waals surface area contributed by atoms with Crippen LogP contribution < -0.4 is 10.7 Å². The van der Waals surface area contributed by atoms with Gasteiger partial charge in [0.2, 0.25) is 0 Å². The lowest BCUT2D eigenvalue weighted by atomic mass is 10.1. The summed E-state index contributed by atoms with van der Waals surface area (Å²) in [5, 5.41) is 5.96. The summed E-state index contributed by atoms with van der Waals surface area (Å²) in [5.74, 6) is 0.801. The van der Waals surface area contributed by atoms with Crippen LogP contribution in [-0.4, -0.2) is 49.3 Å². The van der Waals surface area contributed by atoms with Crippen molar-refractivity contribution in [1.29, 1.82) is 0 Å². The number of pyridine rings is 1. The van der Waals surface area contributed by atoms with Crippen LogP contribution in [0, 0.1) is 0 Å². The van der Waals surface area contributed by atoms with Crippen molar-refractivity contribution in [3.05, 3.63) is 58.8 Å². The van der Waals surface area contributed by atoms with Gasteiger partial charge in [0.05, 0.1) is 28.8 Å². The highest BCUT2D eigenvalue weighted by Gasteiger charge is 2.15. The van der Waals surface area contributed by atoms with Gasteiger partial charge < -0.3 is 10.1 Å². The van der Waals surface area contributed by atoms with Crippen LogP contribution in [0.1, 0.15) is 0 Å². The summed E-state index contributed by atoms with van der Waals surface area (Å²) in [4.78, 5) is 20.5. The predicted octanol–water partition coefficient (Wildman–Crippen LogP) is 3.71. The molecule has 28 heavy (non-hydrogen) atoms. The molecule has 1 N–H and O–H groups in total. The number of anilines is 1. The topological polar surface area (TPSA) is 54.5 Å². The van der Waals surface area contributed by atoms with E-state index in [-0.39, 0.29) is 5.43 Å². The Morgan fingerprint density at radius 2 is 1.79 bits per heavy atom. The van der Waals surface area contributed by atoms with E-state index < -0.39 is 0 Å². The van der Waals surface area contributed by atoms with E-state index in [0.29, 0.717) is 0 Å². The molecule has 0 saturated carbocycles. The third-order valence-electron chi connectivity index (χ3n) is 5.24. The molecule has 0 bridgehead atoms.